The molecule has 0 saturated carbocycles. The van der Waals surface area contributed by atoms with Gasteiger partial charge in [-0.15, -0.1) is 11.3 Å². The van der Waals surface area contributed by atoms with Crippen LogP contribution < -0.4 is 16.0 Å². The monoisotopic (exact) mass is 449 g/mol. The third-order valence-electron chi connectivity index (χ3n) is 5.34. The van der Waals surface area contributed by atoms with Gasteiger partial charge >= 0.3 is 17.8 Å². The lowest BCUT2D eigenvalue weighted by atomic mass is 10.1. The number of unbranched alkanes of at least 4 members (excludes halogenated alkanes) is 2. The van der Waals surface area contributed by atoms with E-state index in [1.54, 1.807) is 24.4 Å². The Labute approximate surface area is 184 Å². The van der Waals surface area contributed by atoms with Gasteiger partial charge in [-0.1, -0.05) is 25.8 Å². The van der Waals surface area contributed by atoms with Gasteiger partial charge in [0.05, 0.1) is 6.04 Å². The van der Waals surface area contributed by atoms with Gasteiger partial charge in [-0.3, -0.25) is 24.1 Å². The summed E-state index contributed by atoms with van der Waals surface area (Å²) in [5.41, 5.74) is 0. The lowest BCUT2D eigenvalue weighted by molar-refractivity contribution is -0.156. The van der Waals surface area contributed by atoms with Crippen molar-refractivity contribution in [1.82, 2.24) is 25.8 Å². The number of amides is 6. The average Bonchev–Trinajstić information content (AvgIpc) is 3.27. The van der Waals surface area contributed by atoms with Crippen molar-refractivity contribution in [1.29, 1.82) is 0 Å². The van der Waals surface area contributed by atoms with E-state index >= 15 is 0 Å². The Morgan fingerprint density at radius 3 is 2.61 bits per heavy atom. The first-order chi connectivity index (χ1) is 14.8. The van der Waals surface area contributed by atoms with Crippen LogP contribution in [0.4, 0.5) is 4.79 Å². The molecule has 168 valence electrons. The lowest BCUT2D eigenvalue weighted by Gasteiger charge is -2.38. The topological polar surface area (TPSA) is 128 Å². The first kappa shape index (κ1) is 22.7. The van der Waals surface area contributed by atoms with Crippen LogP contribution in [0.5, 0.6) is 0 Å². The Balaban J connectivity index is 1.69. The molecular formula is C20H27N5O5S. The van der Waals surface area contributed by atoms with E-state index in [1.165, 1.54) is 16.2 Å². The summed E-state index contributed by atoms with van der Waals surface area (Å²) >= 11 is 1.26. The van der Waals surface area contributed by atoms with Crippen molar-refractivity contribution < 1.29 is 24.0 Å². The second kappa shape index (κ2) is 9.90. The van der Waals surface area contributed by atoms with Crippen LogP contribution >= 0.6 is 11.3 Å². The molecule has 0 bridgehead atoms. The third-order valence-corrected chi connectivity index (χ3v) is 6.27. The highest BCUT2D eigenvalue weighted by atomic mass is 32.1. The Bertz CT molecular complexity index is 858. The Hall–Kier alpha value is -2.95. The molecule has 0 radical (unpaired) electrons. The molecule has 3 N–H and O–H groups in total. The van der Waals surface area contributed by atoms with Gasteiger partial charge in [0.2, 0.25) is 11.8 Å². The number of rotatable bonds is 8. The summed E-state index contributed by atoms with van der Waals surface area (Å²) in [6.07, 6.45) is 2.74. The number of carbonyl (C=O) groups is 5. The maximum absolute atomic E-state index is 12.9. The SMILES string of the molecule is CCCCCN1C[C@@H](C)N(C(=O)NC(C(=O)NC2CNC2=O)c2cccs2)C(=O)C1=O. The lowest BCUT2D eigenvalue weighted by Crippen LogP contribution is -2.64. The molecule has 11 heteroatoms. The fourth-order valence-electron chi connectivity index (χ4n) is 3.53. The highest BCUT2D eigenvalue weighted by Gasteiger charge is 2.42. The summed E-state index contributed by atoms with van der Waals surface area (Å²) in [6.45, 7) is 4.78. The largest absolute Gasteiger partial charge is 0.352 e. The number of imide groups is 1. The van der Waals surface area contributed by atoms with E-state index < -0.39 is 41.9 Å². The Morgan fingerprint density at radius 1 is 1.26 bits per heavy atom. The fraction of sp³-hybridized carbons (Fsp3) is 0.550. The standard InChI is InChI=1S/C20H27N5O5S/c1-3-4-5-8-24-11-12(2)25(19(29)18(24)28)20(30)23-15(14-7-6-9-31-14)17(27)22-13-10-21-16(13)26/h6-7,9,12-13,15H,3-5,8,10-11H2,1-2H3,(H,21,26)(H,22,27)(H,23,30)/t12-,13?,15?/m1/s1. The van der Waals surface area contributed by atoms with E-state index in [0.29, 0.717) is 18.0 Å². The van der Waals surface area contributed by atoms with Crippen molar-refractivity contribution in [2.45, 2.75) is 51.2 Å². The number of hydrogen-bond acceptors (Lipinski definition) is 6. The molecule has 6 amide bonds. The Kier molecular flexibility index (Phi) is 7.26. The van der Waals surface area contributed by atoms with Crippen LogP contribution in [-0.4, -0.2) is 71.2 Å². The van der Waals surface area contributed by atoms with E-state index in [4.69, 9.17) is 0 Å². The van der Waals surface area contributed by atoms with E-state index in [2.05, 4.69) is 22.9 Å². The smallest absolute Gasteiger partial charge is 0.325 e. The van der Waals surface area contributed by atoms with Crippen LogP contribution in [0.15, 0.2) is 17.5 Å². The summed E-state index contributed by atoms with van der Waals surface area (Å²) in [6, 6.07) is 0.327. The molecule has 31 heavy (non-hydrogen) atoms. The van der Waals surface area contributed by atoms with Crippen LogP contribution in [0, 0.1) is 0 Å². The molecular weight excluding hydrogens is 422 g/mol. The van der Waals surface area contributed by atoms with Crippen LogP contribution in [0.3, 0.4) is 0 Å². The van der Waals surface area contributed by atoms with E-state index in [0.717, 1.165) is 24.2 Å². The van der Waals surface area contributed by atoms with Crippen molar-refractivity contribution in [2.24, 2.45) is 0 Å². The molecule has 2 fully saturated rings. The van der Waals surface area contributed by atoms with Crippen molar-refractivity contribution in [3.63, 3.8) is 0 Å². The van der Waals surface area contributed by atoms with E-state index in [9.17, 15) is 24.0 Å². The van der Waals surface area contributed by atoms with Gasteiger partial charge in [0, 0.05) is 24.5 Å². The average molecular weight is 450 g/mol. The molecule has 2 aliphatic heterocycles. The van der Waals surface area contributed by atoms with Gasteiger partial charge in [-0.25, -0.2) is 4.79 Å². The van der Waals surface area contributed by atoms with Crippen LogP contribution in [-0.2, 0) is 19.2 Å². The predicted molar refractivity (Wildman–Crippen MR) is 113 cm³/mol. The Morgan fingerprint density at radius 2 is 2.03 bits per heavy atom. The minimum absolute atomic E-state index is 0.250. The number of thiophene rings is 1. The van der Waals surface area contributed by atoms with Crippen LogP contribution in [0.2, 0.25) is 0 Å². The molecule has 3 rings (SSSR count). The number of β-lactam (4-membered cyclic amide) rings is 1. The minimum Gasteiger partial charge on any atom is -0.352 e. The summed E-state index contributed by atoms with van der Waals surface area (Å²) in [4.78, 5) is 65.2. The molecule has 3 atom stereocenters. The van der Waals surface area contributed by atoms with Crippen LogP contribution in [0.25, 0.3) is 0 Å². The van der Waals surface area contributed by atoms with Gasteiger partial charge in [-0.2, -0.15) is 0 Å². The van der Waals surface area contributed by atoms with Gasteiger partial charge in [-0.05, 0) is 24.8 Å². The maximum Gasteiger partial charge on any atom is 0.325 e. The minimum atomic E-state index is -1.08. The number of carbonyl (C=O) groups excluding carboxylic acids is 5. The summed E-state index contributed by atoms with van der Waals surface area (Å²) in [5, 5.41) is 9.45. The molecule has 0 aliphatic carbocycles. The molecule has 1 aromatic heterocycles. The van der Waals surface area contributed by atoms with Crippen molar-refractivity contribution >= 4 is 41.0 Å². The quantitative estimate of drug-likeness (QED) is 0.300. The van der Waals surface area contributed by atoms with E-state index in [1.807, 2.05) is 0 Å². The fourth-order valence-corrected chi connectivity index (χ4v) is 4.31. The molecule has 2 aliphatic rings. The van der Waals surface area contributed by atoms with Gasteiger partial charge < -0.3 is 20.9 Å². The highest BCUT2D eigenvalue weighted by Crippen LogP contribution is 2.21. The van der Waals surface area contributed by atoms with Crippen LogP contribution in [0.1, 0.15) is 44.0 Å². The summed E-state index contributed by atoms with van der Waals surface area (Å²) in [5.74, 6) is -2.47. The van der Waals surface area contributed by atoms with Gasteiger partial charge in [0.15, 0.2) is 0 Å². The van der Waals surface area contributed by atoms with Gasteiger partial charge in [0.1, 0.15) is 12.1 Å². The van der Waals surface area contributed by atoms with Gasteiger partial charge in [0.25, 0.3) is 0 Å². The predicted octanol–water partition coefficient (Wildman–Crippen LogP) is 0.363. The van der Waals surface area contributed by atoms with Crippen molar-refractivity contribution in [3.05, 3.63) is 22.4 Å². The molecule has 10 nitrogen and oxygen atoms in total. The zero-order valence-electron chi connectivity index (χ0n) is 17.6. The molecule has 2 saturated heterocycles. The summed E-state index contributed by atoms with van der Waals surface area (Å²) in [7, 11) is 0. The molecule has 0 aromatic carbocycles. The number of nitrogens with one attached hydrogen (secondary N) is 3. The first-order valence-electron chi connectivity index (χ1n) is 10.4. The number of nitrogens with zero attached hydrogens (tertiary/aromatic N) is 2. The second-order valence-corrected chi connectivity index (χ2v) is 8.67. The van der Waals surface area contributed by atoms with Crippen molar-refractivity contribution in [3.8, 4) is 0 Å². The highest BCUT2D eigenvalue weighted by molar-refractivity contribution is 7.10. The normalized spacial score (nSPS) is 21.9. The van der Waals surface area contributed by atoms with Crippen molar-refractivity contribution in [2.75, 3.05) is 19.6 Å². The first-order valence-corrected chi connectivity index (χ1v) is 11.3. The molecule has 2 unspecified atom stereocenters. The molecule has 3 heterocycles. The zero-order chi connectivity index (χ0) is 22.5. The number of piperazine rings is 1. The number of hydrogen-bond donors (Lipinski definition) is 3. The third kappa shape index (κ3) is 5.04. The molecule has 0 spiro atoms. The maximum atomic E-state index is 12.9. The summed E-state index contributed by atoms with van der Waals surface area (Å²) < 4.78 is 0. The number of urea groups is 1. The molecule has 1 aromatic rings. The van der Waals surface area contributed by atoms with E-state index in [-0.39, 0.29) is 12.5 Å². The second-order valence-electron chi connectivity index (χ2n) is 7.69. The zero-order valence-corrected chi connectivity index (χ0v) is 18.4.